The molecule has 1 heteroatoms. The zero-order chi connectivity index (χ0) is 6.73. The van der Waals surface area contributed by atoms with Crippen LogP contribution in [0, 0.1) is 11.8 Å². The molecule has 0 fully saturated rings. The van der Waals surface area contributed by atoms with Crippen LogP contribution in [0.3, 0.4) is 0 Å². The van der Waals surface area contributed by atoms with E-state index in [1.165, 1.54) is 0 Å². The Kier molecular flexibility index (Phi) is 3.06. The van der Waals surface area contributed by atoms with Gasteiger partial charge in [-0.25, -0.2) is 0 Å². The minimum atomic E-state index is 0.343. The smallest absolute Gasteiger partial charge is 0.00385 e. The predicted octanol–water partition coefficient (Wildman–Crippen LogP) is 1.63. The van der Waals surface area contributed by atoms with Crippen LogP contribution in [0.1, 0.15) is 27.7 Å². The van der Waals surface area contributed by atoms with E-state index >= 15 is 0 Å². The lowest BCUT2D eigenvalue weighted by atomic mass is 9.92. The second-order valence-electron chi connectivity index (χ2n) is 2.96. The Morgan fingerprint density at radius 1 is 1.00 bits per heavy atom. The summed E-state index contributed by atoms with van der Waals surface area (Å²) in [6.07, 6.45) is 0. The first-order valence-corrected chi connectivity index (χ1v) is 3.31. The average molecular weight is 115 g/mol. The molecule has 0 saturated heterocycles. The van der Waals surface area contributed by atoms with E-state index < -0.39 is 0 Å². The van der Waals surface area contributed by atoms with Gasteiger partial charge in [-0.2, -0.15) is 0 Å². The van der Waals surface area contributed by atoms with Crippen LogP contribution in [-0.2, 0) is 0 Å². The van der Waals surface area contributed by atoms with Crippen molar-refractivity contribution in [1.29, 1.82) is 0 Å². The molecular weight excluding hydrogens is 98.1 g/mol. The summed E-state index contributed by atoms with van der Waals surface area (Å²) < 4.78 is 0. The molecule has 0 aliphatic carbocycles. The summed E-state index contributed by atoms with van der Waals surface area (Å²) in [5.41, 5.74) is 5.64. The monoisotopic (exact) mass is 115 g/mol. The van der Waals surface area contributed by atoms with Crippen LogP contribution in [0.4, 0.5) is 0 Å². The van der Waals surface area contributed by atoms with Crippen molar-refractivity contribution in [3.05, 3.63) is 0 Å². The first-order chi connectivity index (χ1) is 3.55. The molecule has 2 N–H and O–H groups in total. The van der Waals surface area contributed by atoms with Gasteiger partial charge in [-0.1, -0.05) is 20.8 Å². The van der Waals surface area contributed by atoms with E-state index in [1.54, 1.807) is 0 Å². The summed E-state index contributed by atoms with van der Waals surface area (Å²) in [5.74, 6) is 1.37. The Labute approximate surface area is 52.3 Å². The molecule has 50 valence electrons. The van der Waals surface area contributed by atoms with Crippen molar-refractivity contribution in [2.75, 3.05) is 0 Å². The molecule has 8 heavy (non-hydrogen) atoms. The van der Waals surface area contributed by atoms with Crippen molar-refractivity contribution >= 4 is 0 Å². The summed E-state index contributed by atoms with van der Waals surface area (Å²) in [6.45, 7) is 8.65. The zero-order valence-corrected chi connectivity index (χ0v) is 6.31. The van der Waals surface area contributed by atoms with Crippen molar-refractivity contribution in [3.8, 4) is 0 Å². The minimum Gasteiger partial charge on any atom is -0.328 e. The van der Waals surface area contributed by atoms with E-state index in [-0.39, 0.29) is 0 Å². The molecule has 1 nitrogen and oxygen atoms in total. The summed E-state index contributed by atoms with van der Waals surface area (Å²) >= 11 is 0. The summed E-state index contributed by atoms with van der Waals surface area (Å²) in [6, 6.07) is 0.343. The highest BCUT2D eigenvalue weighted by Gasteiger charge is 2.10. The standard InChI is InChI=1S/C7H17N/c1-5(2)6(3)7(4)8/h5-7H,8H2,1-4H3/t6-,7?/m1/s1. The predicted molar refractivity (Wildman–Crippen MR) is 37.7 cm³/mol. The molecule has 0 amide bonds. The maximum absolute atomic E-state index is 5.64. The van der Waals surface area contributed by atoms with Gasteiger partial charge in [0.2, 0.25) is 0 Å². The van der Waals surface area contributed by atoms with Gasteiger partial charge >= 0.3 is 0 Å². The van der Waals surface area contributed by atoms with Crippen molar-refractivity contribution in [1.82, 2.24) is 0 Å². The second kappa shape index (κ2) is 3.08. The van der Waals surface area contributed by atoms with Crippen molar-refractivity contribution < 1.29 is 0 Å². The lowest BCUT2D eigenvalue weighted by molar-refractivity contribution is 0.362. The highest BCUT2D eigenvalue weighted by molar-refractivity contribution is 4.65. The van der Waals surface area contributed by atoms with Gasteiger partial charge in [0.05, 0.1) is 0 Å². The van der Waals surface area contributed by atoms with Crippen LogP contribution in [0.2, 0.25) is 0 Å². The van der Waals surface area contributed by atoms with Gasteiger partial charge in [-0.15, -0.1) is 0 Å². The molecule has 0 rings (SSSR count). The minimum absolute atomic E-state index is 0.343. The maximum atomic E-state index is 5.64. The maximum Gasteiger partial charge on any atom is 0.00385 e. The van der Waals surface area contributed by atoms with Gasteiger partial charge in [-0.05, 0) is 18.8 Å². The fourth-order valence-corrected chi connectivity index (χ4v) is 0.607. The van der Waals surface area contributed by atoms with Crippen molar-refractivity contribution in [2.24, 2.45) is 17.6 Å². The number of hydrogen-bond acceptors (Lipinski definition) is 1. The first kappa shape index (κ1) is 7.96. The van der Waals surface area contributed by atoms with E-state index in [0.29, 0.717) is 12.0 Å². The quantitative estimate of drug-likeness (QED) is 0.581. The number of rotatable bonds is 2. The fourth-order valence-electron chi connectivity index (χ4n) is 0.607. The molecule has 1 unspecified atom stereocenters. The third kappa shape index (κ3) is 2.31. The third-order valence-corrected chi connectivity index (χ3v) is 1.88. The van der Waals surface area contributed by atoms with Crippen LogP contribution in [0.5, 0.6) is 0 Å². The molecule has 0 aromatic carbocycles. The van der Waals surface area contributed by atoms with Gasteiger partial charge in [0, 0.05) is 6.04 Å². The number of nitrogens with two attached hydrogens (primary N) is 1. The zero-order valence-electron chi connectivity index (χ0n) is 6.31. The van der Waals surface area contributed by atoms with E-state index in [2.05, 4.69) is 27.7 Å². The van der Waals surface area contributed by atoms with Crippen LogP contribution >= 0.6 is 0 Å². The summed E-state index contributed by atoms with van der Waals surface area (Å²) in [4.78, 5) is 0. The van der Waals surface area contributed by atoms with E-state index in [0.717, 1.165) is 5.92 Å². The van der Waals surface area contributed by atoms with E-state index in [4.69, 9.17) is 5.73 Å². The van der Waals surface area contributed by atoms with Gasteiger partial charge in [0.15, 0.2) is 0 Å². The third-order valence-electron chi connectivity index (χ3n) is 1.88. The van der Waals surface area contributed by atoms with Crippen LogP contribution in [-0.4, -0.2) is 6.04 Å². The summed E-state index contributed by atoms with van der Waals surface area (Å²) in [5, 5.41) is 0. The Balaban J connectivity index is 3.46. The van der Waals surface area contributed by atoms with E-state index in [1.807, 2.05) is 0 Å². The average Bonchev–Trinajstić information content (AvgIpc) is 1.64. The van der Waals surface area contributed by atoms with E-state index in [9.17, 15) is 0 Å². The number of hydrogen-bond donors (Lipinski definition) is 1. The molecule has 0 radical (unpaired) electrons. The Morgan fingerprint density at radius 2 is 1.38 bits per heavy atom. The Bertz CT molecular complexity index is 49.4. The first-order valence-electron chi connectivity index (χ1n) is 3.31. The van der Waals surface area contributed by atoms with Crippen molar-refractivity contribution in [2.45, 2.75) is 33.7 Å². The fraction of sp³-hybridized carbons (Fsp3) is 1.00. The lowest BCUT2D eigenvalue weighted by Gasteiger charge is -2.18. The van der Waals surface area contributed by atoms with Crippen LogP contribution < -0.4 is 5.73 Å². The highest BCUT2D eigenvalue weighted by Crippen LogP contribution is 2.11. The van der Waals surface area contributed by atoms with Crippen molar-refractivity contribution in [3.63, 3.8) is 0 Å². The SMILES string of the molecule is CC(C)[C@@H](C)C(C)N. The molecule has 0 aliphatic heterocycles. The van der Waals surface area contributed by atoms with Crippen LogP contribution in [0.25, 0.3) is 0 Å². The second-order valence-corrected chi connectivity index (χ2v) is 2.96. The molecule has 0 aromatic heterocycles. The molecule has 2 atom stereocenters. The van der Waals surface area contributed by atoms with Crippen LogP contribution in [0.15, 0.2) is 0 Å². The van der Waals surface area contributed by atoms with Gasteiger partial charge in [0.25, 0.3) is 0 Å². The van der Waals surface area contributed by atoms with Gasteiger partial charge in [0.1, 0.15) is 0 Å². The topological polar surface area (TPSA) is 26.0 Å². The highest BCUT2D eigenvalue weighted by atomic mass is 14.6. The molecule has 0 saturated carbocycles. The molecule has 0 heterocycles. The lowest BCUT2D eigenvalue weighted by Crippen LogP contribution is -2.27. The molecule has 0 spiro atoms. The molecule has 0 bridgehead atoms. The molecule has 0 aliphatic rings. The summed E-state index contributed by atoms with van der Waals surface area (Å²) in [7, 11) is 0. The Morgan fingerprint density at radius 3 is 1.38 bits per heavy atom. The molecular formula is C7H17N. The van der Waals surface area contributed by atoms with Gasteiger partial charge < -0.3 is 5.73 Å². The normalized spacial score (nSPS) is 18.8. The largest absolute Gasteiger partial charge is 0.328 e. The molecule has 0 aromatic rings. The van der Waals surface area contributed by atoms with Gasteiger partial charge in [-0.3, -0.25) is 0 Å². The Hall–Kier alpha value is -0.0400.